The second kappa shape index (κ2) is 7.02. The molecule has 2 aromatic carbocycles. The first kappa shape index (κ1) is 18.3. The molecule has 0 saturated heterocycles. The molecule has 2 aromatic rings. The van der Waals surface area contributed by atoms with E-state index < -0.39 is 17.7 Å². The molecule has 3 nitrogen and oxygen atoms in total. The Balaban J connectivity index is 2.04. The summed E-state index contributed by atoms with van der Waals surface area (Å²) in [6.45, 7) is 2.57. The van der Waals surface area contributed by atoms with Gasteiger partial charge in [-0.15, -0.1) is 0 Å². The van der Waals surface area contributed by atoms with Crippen LogP contribution in [-0.4, -0.2) is 17.6 Å². The minimum absolute atomic E-state index is 0.00438. The van der Waals surface area contributed by atoms with E-state index in [4.69, 9.17) is 0 Å². The number of carbonyl (C=O) groups excluding carboxylic acids is 1. The van der Waals surface area contributed by atoms with Crippen molar-refractivity contribution in [1.82, 2.24) is 0 Å². The lowest BCUT2D eigenvalue weighted by Crippen LogP contribution is -2.30. The van der Waals surface area contributed by atoms with Crippen LogP contribution in [0, 0.1) is 0 Å². The molecule has 3 rings (SSSR count). The van der Waals surface area contributed by atoms with Crippen LogP contribution < -0.4 is 4.90 Å². The fourth-order valence-electron chi connectivity index (χ4n) is 3.40. The van der Waals surface area contributed by atoms with E-state index >= 15 is 0 Å². The normalized spacial score (nSPS) is 16.8. The highest BCUT2D eigenvalue weighted by molar-refractivity contribution is 6.07. The first-order valence-electron chi connectivity index (χ1n) is 8.65. The zero-order valence-corrected chi connectivity index (χ0v) is 14.4. The number of carbonyl (C=O) groups is 1. The predicted octanol–water partition coefficient (Wildman–Crippen LogP) is 5.08. The smallest absolute Gasteiger partial charge is 0.416 e. The Kier molecular flexibility index (Phi) is 4.94. The molecule has 138 valence electrons. The molecular formula is C20H20F3NO2. The Morgan fingerprint density at radius 2 is 1.81 bits per heavy atom. The van der Waals surface area contributed by atoms with Gasteiger partial charge in [0.05, 0.1) is 11.5 Å². The Bertz CT molecular complexity index is 817. The van der Waals surface area contributed by atoms with Gasteiger partial charge < -0.3 is 10.0 Å². The van der Waals surface area contributed by atoms with Crippen LogP contribution in [0.1, 0.15) is 48.8 Å². The van der Waals surface area contributed by atoms with Gasteiger partial charge in [0.2, 0.25) is 5.91 Å². The molecule has 0 spiro atoms. The van der Waals surface area contributed by atoms with Gasteiger partial charge >= 0.3 is 6.18 Å². The van der Waals surface area contributed by atoms with E-state index in [1.165, 1.54) is 0 Å². The summed E-state index contributed by atoms with van der Waals surface area (Å²) in [6.07, 6.45) is -1.75. The van der Waals surface area contributed by atoms with Crippen LogP contribution in [0.2, 0.25) is 0 Å². The highest BCUT2D eigenvalue weighted by Gasteiger charge is 2.40. The lowest BCUT2D eigenvalue weighted by Gasteiger charge is -2.18. The van der Waals surface area contributed by atoms with Crippen LogP contribution in [0.3, 0.4) is 0 Å². The van der Waals surface area contributed by atoms with Crippen LogP contribution in [0.15, 0.2) is 42.5 Å². The van der Waals surface area contributed by atoms with Gasteiger partial charge in [0.1, 0.15) is 5.75 Å². The molecule has 1 aliphatic heterocycles. The maximum absolute atomic E-state index is 13.1. The third kappa shape index (κ3) is 3.28. The number of anilines is 1. The molecule has 0 radical (unpaired) electrons. The zero-order valence-electron chi connectivity index (χ0n) is 14.4. The molecule has 0 bridgehead atoms. The van der Waals surface area contributed by atoms with Crippen LogP contribution >= 0.6 is 0 Å². The molecule has 1 atom stereocenters. The highest BCUT2D eigenvalue weighted by atomic mass is 19.4. The number of alkyl halides is 3. The van der Waals surface area contributed by atoms with E-state index in [-0.39, 0.29) is 17.2 Å². The van der Waals surface area contributed by atoms with Crippen molar-refractivity contribution in [2.24, 2.45) is 0 Å². The number of phenolic OH excluding ortho intramolecular Hbond substituents is 1. The highest BCUT2D eigenvalue weighted by Crippen LogP contribution is 2.45. The summed E-state index contributed by atoms with van der Waals surface area (Å²) in [4.78, 5) is 14.6. The van der Waals surface area contributed by atoms with Crippen molar-refractivity contribution in [3.05, 3.63) is 59.2 Å². The van der Waals surface area contributed by atoms with Crippen LogP contribution in [-0.2, 0) is 11.0 Å². The van der Waals surface area contributed by atoms with E-state index in [0.717, 1.165) is 37.5 Å². The van der Waals surface area contributed by atoms with Gasteiger partial charge in [0, 0.05) is 17.8 Å². The van der Waals surface area contributed by atoms with Crippen molar-refractivity contribution in [2.45, 2.75) is 38.3 Å². The average Bonchev–Trinajstić information content (AvgIpc) is 2.87. The maximum atomic E-state index is 13.1. The number of halogens is 3. The first-order chi connectivity index (χ1) is 12.3. The van der Waals surface area contributed by atoms with Gasteiger partial charge in [0.15, 0.2) is 0 Å². The van der Waals surface area contributed by atoms with E-state index in [1.54, 1.807) is 29.2 Å². The second-order valence-corrected chi connectivity index (χ2v) is 6.46. The molecule has 0 aliphatic carbocycles. The predicted molar refractivity (Wildman–Crippen MR) is 93.3 cm³/mol. The summed E-state index contributed by atoms with van der Waals surface area (Å²) in [7, 11) is 0. The van der Waals surface area contributed by atoms with Gasteiger partial charge in [-0.05, 0) is 36.2 Å². The van der Waals surface area contributed by atoms with Crippen molar-refractivity contribution in [3.63, 3.8) is 0 Å². The number of benzene rings is 2. The summed E-state index contributed by atoms with van der Waals surface area (Å²) >= 11 is 0. The number of unbranched alkanes of at least 4 members (excludes halogenated alkanes) is 2. The number of amides is 1. The third-order valence-corrected chi connectivity index (χ3v) is 4.70. The number of fused-ring (bicyclic) bond motifs is 1. The Morgan fingerprint density at radius 3 is 2.50 bits per heavy atom. The topological polar surface area (TPSA) is 40.5 Å². The standard InChI is InChI=1S/C20H20F3NO2/c1-2-3-6-11-24-16-8-5-4-7-14(16)18(19(24)26)15-12-13(20(21,22)23)9-10-17(15)25/h4-5,7-10,12,18,25H,2-3,6,11H2,1H3. The second-order valence-electron chi connectivity index (χ2n) is 6.46. The van der Waals surface area contributed by atoms with Crippen molar-refractivity contribution < 1.29 is 23.1 Å². The molecule has 0 aromatic heterocycles. The molecule has 26 heavy (non-hydrogen) atoms. The third-order valence-electron chi connectivity index (χ3n) is 4.70. The zero-order chi connectivity index (χ0) is 18.9. The minimum Gasteiger partial charge on any atom is -0.508 e. The Morgan fingerprint density at radius 1 is 1.08 bits per heavy atom. The van der Waals surface area contributed by atoms with Crippen molar-refractivity contribution in [1.29, 1.82) is 0 Å². The molecule has 1 amide bonds. The Hall–Kier alpha value is -2.50. The lowest BCUT2D eigenvalue weighted by molar-refractivity contribution is -0.137. The number of hydrogen-bond acceptors (Lipinski definition) is 2. The van der Waals surface area contributed by atoms with Gasteiger partial charge in [-0.1, -0.05) is 38.0 Å². The summed E-state index contributed by atoms with van der Waals surface area (Å²) in [5.41, 5.74) is 0.453. The van der Waals surface area contributed by atoms with Crippen molar-refractivity contribution in [3.8, 4) is 5.75 Å². The molecule has 1 heterocycles. The summed E-state index contributed by atoms with van der Waals surface area (Å²) in [6, 6.07) is 9.79. The van der Waals surface area contributed by atoms with Crippen molar-refractivity contribution in [2.75, 3.05) is 11.4 Å². The largest absolute Gasteiger partial charge is 0.508 e. The maximum Gasteiger partial charge on any atom is 0.416 e. The summed E-state index contributed by atoms with van der Waals surface area (Å²) in [5, 5.41) is 10.2. The average molecular weight is 363 g/mol. The van der Waals surface area contributed by atoms with E-state index in [0.29, 0.717) is 17.8 Å². The molecule has 0 fully saturated rings. The molecule has 6 heteroatoms. The van der Waals surface area contributed by atoms with Gasteiger partial charge in [0.25, 0.3) is 0 Å². The van der Waals surface area contributed by atoms with Crippen LogP contribution in [0.25, 0.3) is 0 Å². The number of aromatic hydroxyl groups is 1. The monoisotopic (exact) mass is 363 g/mol. The van der Waals surface area contributed by atoms with E-state index in [2.05, 4.69) is 6.92 Å². The summed E-state index contributed by atoms with van der Waals surface area (Å²) < 4.78 is 39.3. The van der Waals surface area contributed by atoms with E-state index in [9.17, 15) is 23.1 Å². The summed E-state index contributed by atoms with van der Waals surface area (Å²) in [5.74, 6) is -1.52. The number of para-hydroxylation sites is 1. The number of hydrogen-bond donors (Lipinski definition) is 1. The molecule has 1 aliphatic rings. The molecular weight excluding hydrogens is 343 g/mol. The first-order valence-corrected chi connectivity index (χ1v) is 8.65. The lowest BCUT2D eigenvalue weighted by atomic mass is 9.90. The fourth-order valence-corrected chi connectivity index (χ4v) is 3.40. The van der Waals surface area contributed by atoms with Crippen molar-refractivity contribution >= 4 is 11.6 Å². The quantitative estimate of drug-likeness (QED) is 0.753. The molecule has 1 unspecified atom stereocenters. The SMILES string of the molecule is CCCCCN1C(=O)C(c2cc(C(F)(F)F)ccc2O)c2ccccc21. The minimum atomic E-state index is -4.54. The van der Waals surface area contributed by atoms with Crippen LogP contribution in [0.4, 0.5) is 18.9 Å². The fraction of sp³-hybridized carbons (Fsp3) is 0.350. The number of phenols is 1. The molecule has 1 N–H and O–H groups in total. The van der Waals surface area contributed by atoms with Crippen LogP contribution in [0.5, 0.6) is 5.75 Å². The molecule has 0 saturated carbocycles. The number of rotatable bonds is 5. The van der Waals surface area contributed by atoms with Gasteiger partial charge in [-0.3, -0.25) is 4.79 Å². The Labute approximate surface area is 150 Å². The van der Waals surface area contributed by atoms with E-state index in [1.807, 2.05) is 0 Å². The number of nitrogens with zero attached hydrogens (tertiary/aromatic N) is 1. The van der Waals surface area contributed by atoms with Gasteiger partial charge in [-0.25, -0.2) is 0 Å². The van der Waals surface area contributed by atoms with Gasteiger partial charge in [-0.2, -0.15) is 13.2 Å².